The fourth-order valence-electron chi connectivity index (χ4n) is 3.52. The molecule has 14 heteroatoms. The number of nitrogen functional groups attached to an aromatic ring is 1. The van der Waals surface area contributed by atoms with Crippen LogP contribution in [0.15, 0.2) is 81.9 Å². The Labute approximate surface area is 223 Å². The Hall–Kier alpha value is -3.71. The summed E-state index contributed by atoms with van der Waals surface area (Å²) in [6.45, 7) is 0. The van der Waals surface area contributed by atoms with Crippen LogP contribution in [-0.2, 0) is 14.9 Å². The first-order valence-electron chi connectivity index (χ1n) is 10.4. The van der Waals surface area contributed by atoms with Crippen LogP contribution in [0.1, 0.15) is 0 Å². The molecule has 0 unspecified atom stereocenters. The predicted octanol–water partition coefficient (Wildman–Crippen LogP) is 7.56. The van der Waals surface area contributed by atoms with Gasteiger partial charge < -0.3 is 11.1 Å². The van der Waals surface area contributed by atoms with Crippen LogP contribution >= 0.6 is 23.2 Å². The van der Waals surface area contributed by atoms with Crippen molar-refractivity contribution in [3.8, 4) is 11.1 Å². The number of azo groups is 1. The van der Waals surface area contributed by atoms with E-state index >= 15 is 0 Å². The van der Waals surface area contributed by atoms with Crippen molar-refractivity contribution < 1.29 is 30.9 Å². The Kier molecular flexibility index (Phi) is 7.35. The van der Waals surface area contributed by atoms with E-state index < -0.39 is 38.5 Å². The lowest BCUT2D eigenvalue weighted by Gasteiger charge is -2.15. The van der Waals surface area contributed by atoms with Crippen LogP contribution in [0.5, 0.6) is 0 Å². The van der Waals surface area contributed by atoms with E-state index in [0.29, 0.717) is 21.8 Å². The summed E-state index contributed by atoms with van der Waals surface area (Å²) in [4.78, 5) is 11.1. The van der Waals surface area contributed by atoms with E-state index in [9.17, 15) is 30.9 Å². The van der Waals surface area contributed by atoms with Crippen molar-refractivity contribution >= 4 is 72.7 Å². The van der Waals surface area contributed by atoms with Crippen molar-refractivity contribution in [2.24, 2.45) is 10.2 Å². The molecule has 38 heavy (non-hydrogen) atoms. The molecule has 8 nitrogen and oxygen atoms in total. The molecule has 0 saturated carbocycles. The van der Waals surface area contributed by atoms with E-state index in [4.69, 9.17) is 28.9 Å². The molecule has 0 fully saturated rings. The summed E-state index contributed by atoms with van der Waals surface area (Å²) >= 11 is 12.4. The number of hydrogen-bond donors (Lipinski definition) is 3. The third kappa shape index (κ3) is 5.73. The summed E-state index contributed by atoms with van der Waals surface area (Å²) in [6.07, 6.45) is -5.25. The number of carbonyl (C=O) groups is 1. The lowest BCUT2D eigenvalue weighted by molar-refractivity contribution is -0.167. The monoisotopic (exact) mass is 582 g/mol. The van der Waals surface area contributed by atoms with Gasteiger partial charge in [0.25, 0.3) is 10.1 Å². The maximum absolute atomic E-state index is 13.0. The molecule has 4 N–H and O–H groups in total. The molecule has 0 aliphatic rings. The third-order valence-corrected chi connectivity index (χ3v) is 6.83. The van der Waals surface area contributed by atoms with E-state index in [-0.39, 0.29) is 21.5 Å². The molecule has 0 radical (unpaired) electrons. The van der Waals surface area contributed by atoms with Crippen molar-refractivity contribution in [2.75, 3.05) is 11.1 Å². The maximum Gasteiger partial charge on any atom is 0.471 e. The number of alkyl halides is 3. The first kappa shape index (κ1) is 27.3. The number of anilines is 2. The summed E-state index contributed by atoms with van der Waals surface area (Å²) in [5, 5.41) is 9.68. The Bertz CT molecular complexity index is 1730. The Balaban J connectivity index is 1.83. The second kappa shape index (κ2) is 10.2. The Morgan fingerprint density at radius 2 is 1.45 bits per heavy atom. The lowest BCUT2D eigenvalue weighted by Crippen LogP contribution is -2.30. The number of carbonyl (C=O) groups excluding carboxylic acids is 1. The number of halogens is 5. The normalized spacial score (nSPS) is 12.3. The first-order chi connectivity index (χ1) is 17.8. The lowest BCUT2D eigenvalue weighted by atomic mass is 10.1. The van der Waals surface area contributed by atoms with Crippen molar-refractivity contribution in [1.82, 2.24) is 0 Å². The Morgan fingerprint density at radius 1 is 0.868 bits per heavy atom. The number of amides is 1. The zero-order chi connectivity index (χ0) is 27.8. The van der Waals surface area contributed by atoms with Gasteiger partial charge in [-0.3, -0.25) is 9.35 Å². The van der Waals surface area contributed by atoms with Crippen LogP contribution < -0.4 is 11.1 Å². The van der Waals surface area contributed by atoms with E-state index in [1.807, 2.05) is 0 Å². The average Bonchev–Trinajstić information content (AvgIpc) is 2.84. The molecular formula is C24H15Cl2F3N4O4S. The molecule has 196 valence electrons. The molecule has 0 spiro atoms. The van der Waals surface area contributed by atoms with Crippen molar-refractivity contribution in [3.63, 3.8) is 0 Å². The molecule has 0 heterocycles. The van der Waals surface area contributed by atoms with E-state index in [2.05, 4.69) is 10.2 Å². The predicted molar refractivity (Wildman–Crippen MR) is 139 cm³/mol. The number of benzene rings is 4. The van der Waals surface area contributed by atoms with Gasteiger partial charge >= 0.3 is 12.1 Å². The number of nitrogens with two attached hydrogens (primary N) is 1. The number of nitrogens with one attached hydrogen (secondary N) is 1. The van der Waals surface area contributed by atoms with Gasteiger partial charge in [-0.2, -0.15) is 21.6 Å². The molecule has 4 aromatic rings. The second-order valence-electron chi connectivity index (χ2n) is 7.84. The largest absolute Gasteiger partial charge is 0.471 e. The number of fused-ring (bicyclic) bond motifs is 1. The minimum atomic E-state index is -5.25. The van der Waals surface area contributed by atoms with Crippen molar-refractivity contribution in [1.29, 1.82) is 0 Å². The van der Waals surface area contributed by atoms with Gasteiger partial charge in [-0.15, -0.1) is 10.2 Å². The number of nitrogens with zero attached hydrogens (tertiary/aromatic N) is 2. The van der Waals surface area contributed by atoms with Crippen LogP contribution in [0.3, 0.4) is 0 Å². The van der Waals surface area contributed by atoms with Crippen LogP contribution in [0.25, 0.3) is 21.9 Å². The smallest absolute Gasteiger partial charge is 0.398 e. The van der Waals surface area contributed by atoms with Crippen LogP contribution in [0.2, 0.25) is 10.0 Å². The van der Waals surface area contributed by atoms with Gasteiger partial charge in [0, 0.05) is 10.8 Å². The van der Waals surface area contributed by atoms with Gasteiger partial charge in [0.1, 0.15) is 16.3 Å². The topological polar surface area (TPSA) is 134 Å². The maximum atomic E-state index is 13.0. The minimum absolute atomic E-state index is 0.0756. The van der Waals surface area contributed by atoms with Crippen molar-refractivity contribution in [3.05, 3.63) is 76.8 Å². The SMILES string of the molecule is Nc1ccc(-c2ccc(/N=N/c3cc(S(=O)(=O)O)c4ccccc4c3NC(=O)C(F)(F)F)c(Cl)c2)cc1Cl. The summed E-state index contributed by atoms with van der Waals surface area (Å²) < 4.78 is 72.8. The highest BCUT2D eigenvalue weighted by Crippen LogP contribution is 2.40. The second-order valence-corrected chi connectivity index (χ2v) is 10.0. The van der Waals surface area contributed by atoms with Crippen LogP contribution in [-0.4, -0.2) is 25.1 Å². The highest BCUT2D eigenvalue weighted by atomic mass is 35.5. The standard InChI is InChI=1S/C24H15Cl2F3N4O4S/c25-16-9-12(5-7-18(16)30)13-6-8-19(17(26)10-13)32-33-20-11-21(38(35,36)37)14-3-1-2-4-15(14)22(20)31-23(34)24(27,28)29/h1-11H,30H2,(H,31,34)(H,35,36,37)/b33-32+. The molecule has 0 bridgehead atoms. The molecule has 0 aliphatic carbocycles. The zero-order valence-corrected chi connectivity index (χ0v) is 21.1. The molecule has 0 aliphatic heterocycles. The fourth-order valence-corrected chi connectivity index (χ4v) is 4.63. The van der Waals surface area contributed by atoms with Crippen LogP contribution in [0.4, 0.5) is 35.9 Å². The summed E-state index contributed by atoms with van der Waals surface area (Å²) in [7, 11) is -4.84. The molecule has 4 rings (SSSR count). The third-order valence-electron chi connectivity index (χ3n) is 5.31. The molecular weight excluding hydrogens is 568 g/mol. The zero-order valence-electron chi connectivity index (χ0n) is 18.8. The summed E-state index contributed by atoms with van der Waals surface area (Å²) in [6, 6.07) is 15.7. The minimum Gasteiger partial charge on any atom is -0.398 e. The molecule has 0 atom stereocenters. The summed E-state index contributed by atoms with van der Waals surface area (Å²) in [5.41, 5.74) is 6.59. The fraction of sp³-hybridized carbons (Fsp3) is 0.0417. The van der Waals surface area contributed by atoms with E-state index in [1.54, 1.807) is 29.6 Å². The average molecular weight is 583 g/mol. The highest BCUT2D eigenvalue weighted by molar-refractivity contribution is 7.86. The molecule has 0 saturated heterocycles. The quantitative estimate of drug-likeness (QED) is 0.127. The van der Waals surface area contributed by atoms with Gasteiger partial charge in [0.15, 0.2) is 0 Å². The highest BCUT2D eigenvalue weighted by Gasteiger charge is 2.39. The number of rotatable bonds is 5. The Morgan fingerprint density at radius 3 is 2.03 bits per heavy atom. The van der Waals surface area contributed by atoms with Gasteiger partial charge in [0.05, 0.1) is 21.4 Å². The first-order valence-corrected chi connectivity index (χ1v) is 12.6. The van der Waals surface area contributed by atoms with Gasteiger partial charge in [-0.1, -0.05) is 59.6 Å². The summed E-state index contributed by atoms with van der Waals surface area (Å²) in [5.74, 6) is -2.32. The molecule has 4 aromatic carbocycles. The van der Waals surface area contributed by atoms with Gasteiger partial charge in [-0.05, 0) is 41.5 Å². The van der Waals surface area contributed by atoms with E-state index in [0.717, 1.165) is 6.07 Å². The van der Waals surface area contributed by atoms with Gasteiger partial charge in [-0.25, -0.2) is 0 Å². The van der Waals surface area contributed by atoms with Gasteiger partial charge in [0.2, 0.25) is 0 Å². The van der Waals surface area contributed by atoms with E-state index in [1.165, 1.54) is 36.4 Å². The van der Waals surface area contributed by atoms with Crippen molar-refractivity contribution in [2.45, 2.75) is 11.1 Å². The molecule has 0 aromatic heterocycles. The molecule has 1 amide bonds. The number of hydrogen-bond acceptors (Lipinski definition) is 6. The van der Waals surface area contributed by atoms with Crippen LogP contribution in [0, 0.1) is 0 Å².